The van der Waals surface area contributed by atoms with Gasteiger partial charge >= 0.3 is 0 Å². The Hall–Kier alpha value is -0.610. The maximum Gasteiger partial charge on any atom is 0.249 e. The van der Waals surface area contributed by atoms with Crippen LogP contribution in [0.5, 0.6) is 0 Å². The van der Waals surface area contributed by atoms with Crippen LogP contribution in [0.4, 0.5) is 0 Å². The minimum atomic E-state index is -0.371. The Kier molecular flexibility index (Phi) is 3.59. The van der Waals surface area contributed by atoms with E-state index >= 15 is 0 Å². The Balaban J connectivity index is 1.81. The number of amides is 1. The van der Waals surface area contributed by atoms with Crippen molar-refractivity contribution in [1.82, 2.24) is 5.32 Å². The molecule has 0 aromatic carbocycles. The predicted octanol–water partition coefficient (Wildman–Crippen LogP) is 0.585. The summed E-state index contributed by atoms with van der Waals surface area (Å²) in [5.41, 5.74) is 0. The van der Waals surface area contributed by atoms with Crippen molar-refractivity contribution in [3.05, 3.63) is 0 Å². The number of aliphatic hydroxyl groups excluding tert-OH is 1. The van der Waals surface area contributed by atoms with Crippen molar-refractivity contribution in [2.45, 2.75) is 56.8 Å². The van der Waals surface area contributed by atoms with E-state index in [4.69, 9.17) is 4.74 Å². The maximum atomic E-state index is 11.7. The molecule has 3 atom stereocenters. The van der Waals surface area contributed by atoms with Crippen LogP contribution in [-0.2, 0) is 9.53 Å². The highest BCUT2D eigenvalue weighted by molar-refractivity contribution is 5.81. The zero-order chi connectivity index (χ0) is 10.7. The van der Waals surface area contributed by atoms with Gasteiger partial charge < -0.3 is 15.2 Å². The van der Waals surface area contributed by atoms with Crippen molar-refractivity contribution in [3.8, 4) is 0 Å². The maximum absolute atomic E-state index is 11.7. The van der Waals surface area contributed by atoms with Crippen molar-refractivity contribution >= 4 is 5.91 Å². The van der Waals surface area contributed by atoms with Gasteiger partial charge in [0.1, 0.15) is 6.10 Å². The molecule has 4 nitrogen and oxygen atoms in total. The molecule has 4 heteroatoms. The first kappa shape index (κ1) is 10.9. The van der Waals surface area contributed by atoms with Crippen LogP contribution in [0.2, 0.25) is 0 Å². The first-order valence-corrected chi connectivity index (χ1v) is 5.87. The Morgan fingerprint density at radius 1 is 1.20 bits per heavy atom. The molecule has 1 amide bonds. The van der Waals surface area contributed by atoms with E-state index in [9.17, 15) is 9.90 Å². The molecule has 1 heterocycles. The lowest BCUT2D eigenvalue weighted by Crippen LogP contribution is -2.48. The van der Waals surface area contributed by atoms with Gasteiger partial charge in [-0.1, -0.05) is 12.8 Å². The van der Waals surface area contributed by atoms with E-state index in [0.29, 0.717) is 6.61 Å². The molecule has 1 aliphatic heterocycles. The zero-order valence-corrected chi connectivity index (χ0v) is 8.95. The third-order valence-electron chi connectivity index (χ3n) is 3.28. The van der Waals surface area contributed by atoms with Gasteiger partial charge in [0, 0.05) is 6.61 Å². The molecule has 2 N–H and O–H groups in total. The van der Waals surface area contributed by atoms with Gasteiger partial charge in [-0.05, 0) is 25.7 Å². The monoisotopic (exact) mass is 213 g/mol. The smallest absolute Gasteiger partial charge is 0.249 e. The summed E-state index contributed by atoms with van der Waals surface area (Å²) < 4.78 is 5.30. The summed E-state index contributed by atoms with van der Waals surface area (Å²) in [6.07, 6.45) is 4.97. The molecular weight excluding hydrogens is 194 g/mol. The Labute approximate surface area is 90.0 Å². The number of nitrogens with one attached hydrogen (secondary N) is 1. The zero-order valence-electron chi connectivity index (χ0n) is 8.95. The summed E-state index contributed by atoms with van der Waals surface area (Å²) in [4.78, 5) is 11.7. The Morgan fingerprint density at radius 3 is 2.67 bits per heavy atom. The number of hydrogen-bond donors (Lipinski definition) is 2. The van der Waals surface area contributed by atoms with Gasteiger partial charge in [-0.2, -0.15) is 0 Å². The van der Waals surface area contributed by atoms with Gasteiger partial charge in [-0.25, -0.2) is 0 Å². The van der Waals surface area contributed by atoms with Crippen molar-refractivity contribution in [3.63, 3.8) is 0 Å². The molecule has 0 bridgehead atoms. The van der Waals surface area contributed by atoms with Crippen LogP contribution in [-0.4, -0.2) is 35.9 Å². The number of carbonyl (C=O) groups excluding carboxylic acids is 1. The second-order valence-corrected chi connectivity index (χ2v) is 4.47. The SMILES string of the molecule is O=C(N[C@H]1CCCC[C@@H]1O)[C@@H]1CCCO1. The molecule has 1 saturated carbocycles. The molecule has 0 spiro atoms. The van der Waals surface area contributed by atoms with E-state index in [1.807, 2.05) is 0 Å². The molecule has 2 rings (SSSR count). The van der Waals surface area contributed by atoms with Crippen LogP contribution < -0.4 is 5.32 Å². The second-order valence-electron chi connectivity index (χ2n) is 4.47. The predicted molar refractivity (Wildman–Crippen MR) is 55.4 cm³/mol. The quantitative estimate of drug-likeness (QED) is 0.705. The lowest BCUT2D eigenvalue weighted by atomic mass is 9.92. The normalized spacial score (nSPS) is 36.5. The fourth-order valence-electron chi connectivity index (χ4n) is 2.34. The number of aliphatic hydroxyl groups is 1. The summed E-state index contributed by atoms with van der Waals surface area (Å²) in [6, 6.07) is -0.0598. The molecule has 2 aliphatic rings. The van der Waals surface area contributed by atoms with Crippen molar-refractivity contribution < 1.29 is 14.6 Å². The van der Waals surface area contributed by atoms with E-state index < -0.39 is 0 Å². The van der Waals surface area contributed by atoms with Gasteiger partial charge in [0.2, 0.25) is 5.91 Å². The van der Waals surface area contributed by atoms with Crippen molar-refractivity contribution in [1.29, 1.82) is 0 Å². The standard InChI is InChI=1S/C11H19NO3/c13-9-5-2-1-4-8(9)12-11(14)10-6-3-7-15-10/h8-10,13H,1-7H2,(H,12,14)/t8-,9-,10-/m0/s1. The summed E-state index contributed by atoms with van der Waals surface area (Å²) in [7, 11) is 0. The first-order valence-electron chi connectivity index (χ1n) is 5.87. The van der Waals surface area contributed by atoms with Crippen LogP contribution in [0.15, 0.2) is 0 Å². The van der Waals surface area contributed by atoms with Crippen molar-refractivity contribution in [2.24, 2.45) is 0 Å². The average molecular weight is 213 g/mol. The third kappa shape index (κ3) is 2.69. The number of rotatable bonds is 2. The van der Waals surface area contributed by atoms with Crippen LogP contribution in [0.1, 0.15) is 38.5 Å². The van der Waals surface area contributed by atoms with E-state index in [-0.39, 0.29) is 24.2 Å². The third-order valence-corrected chi connectivity index (χ3v) is 3.28. The van der Waals surface area contributed by atoms with Crippen LogP contribution >= 0.6 is 0 Å². The molecule has 2 fully saturated rings. The van der Waals surface area contributed by atoms with E-state index in [1.54, 1.807) is 0 Å². The topological polar surface area (TPSA) is 58.6 Å². The molecule has 0 radical (unpaired) electrons. The minimum absolute atomic E-state index is 0.0431. The lowest BCUT2D eigenvalue weighted by molar-refractivity contribution is -0.132. The van der Waals surface area contributed by atoms with Crippen LogP contribution in [0.3, 0.4) is 0 Å². The van der Waals surface area contributed by atoms with Crippen LogP contribution in [0, 0.1) is 0 Å². The first-order chi connectivity index (χ1) is 7.27. The molecule has 86 valence electrons. The largest absolute Gasteiger partial charge is 0.391 e. The lowest BCUT2D eigenvalue weighted by Gasteiger charge is -2.29. The van der Waals surface area contributed by atoms with E-state index in [0.717, 1.165) is 38.5 Å². The van der Waals surface area contributed by atoms with Gasteiger partial charge in [-0.3, -0.25) is 4.79 Å². The Bertz CT molecular complexity index is 226. The summed E-state index contributed by atoms with van der Waals surface area (Å²) >= 11 is 0. The fraction of sp³-hybridized carbons (Fsp3) is 0.909. The summed E-state index contributed by atoms with van der Waals surface area (Å²) in [6.45, 7) is 0.686. The fourth-order valence-corrected chi connectivity index (χ4v) is 2.34. The number of hydrogen-bond acceptors (Lipinski definition) is 3. The number of carbonyl (C=O) groups is 1. The Morgan fingerprint density at radius 2 is 2.00 bits per heavy atom. The van der Waals surface area contributed by atoms with E-state index in [1.165, 1.54) is 0 Å². The van der Waals surface area contributed by atoms with E-state index in [2.05, 4.69) is 5.32 Å². The molecule has 0 unspecified atom stereocenters. The minimum Gasteiger partial charge on any atom is -0.391 e. The summed E-state index contributed by atoms with van der Waals surface area (Å²) in [5, 5.41) is 12.6. The highest BCUT2D eigenvalue weighted by Gasteiger charge is 2.29. The second kappa shape index (κ2) is 4.94. The van der Waals surface area contributed by atoms with Gasteiger partial charge in [0.15, 0.2) is 0 Å². The van der Waals surface area contributed by atoms with Gasteiger partial charge in [0.05, 0.1) is 12.1 Å². The van der Waals surface area contributed by atoms with Crippen LogP contribution in [0.25, 0.3) is 0 Å². The molecule has 1 aliphatic carbocycles. The highest BCUT2D eigenvalue weighted by atomic mass is 16.5. The molecule has 0 aromatic heterocycles. The molecule has 1 saturated heterocycles. The van der Waals surface area contributed by atoms with Gasteiger partial charge in [0.25, 0.3) is 0 Å². The average Bonchev–Trinajstić information content (AvgIpc) is 2.74. The van der Waals surface area contributed by atoms with Gasteiger partial charge in [-0.15, -0.1) is 0 Å². The molecular formula is C11H19NO3. The molecule has 15 heavy (non-hydrogen) atoms. The van der Waals surface area contributed by atoms with Crippen molar-refractivity contribution in [2.75, 3.05) is 6.61 Å². The summed E-state index contributed by atoms with van der Waals surface area (Å²) in [5.74, 6) is -0.0431. The molecule has 0 aromatic rings. The number of ether oxygens (including phenoxy) is 1. The highest BCUT2D eigenvalue weighted by Crippen LogP contribution is 2.19.